The van der Waals surface area contributed by atoms with Crippen molar-refractivity contribution in [3.8, 4) is 11.7 Å². The first kappa shape index (κ1) is 26.7. The zero-order chi connectivity index (χ0) is 28.2. The van der Waals surface area contributed by atoms with Crippen molar-refractivity contribution in [1.82, 2.24) is 19.5 Å². The van der Waals surface area contributed by atoms with E-state index >= 15 is 0 Å². The molecule has 13 heteroatoms. The molecule has 0 saturated carbocycles. The van der Waals surface area contributed by atoms with Crippen LogP contribution in [0.1, 0.15) is 48.8 Å². The molecule has 40 heavy (non-hydrogen) atoms. The molecule has 1 aliphatic carbocycles. The zero-order valence-electron chi connectivity index (χ0n) is 21.6. The molecule has 12 nitrogen and oxygen atoms in total. The topological polar surface area (TPSA) is 149 Å². The van der Waals surface area contributed by atoms with Gasteiger partial charge in [-0.25, -0.2) is 24.1 Å². The number of esters is 1. The summed E-state index contributed by atoms with van der Waals surface area (Å²) in [5, 5.41) is 12.8. The number of hydrogen-bond acceptors (Lipinski definition) is 10. The summed E-state index contributed by atoms with van der Waals surface area (Å²) in [4.78, 5) is 50.6. The number of nitrogens with zero attached hydrogens (tertiary/aromatic N) is 4. The smallest absolute Gasteiger partial charge is 0.357 e. The van der Waals surface area contributed by atoms with Crippen LogP contribution in [0, 0.1) is 0 Å². The Balaban J connectivity index is 1.51. The highest BCUT2D eigenvalue weighted by atomic mass is 32.1. The van der Waals surface area contributed by atoms with E-state index in [-0.39, 0.29) is 46.1 Å². The predicted octanol–water partition coefficient (Wildman–Crippen LogP) is 4.44. The van der Waals surface area contributed by atoms with Crippen LogP contribution in [0.4, 0.5) is 10.8 Å². The minimum atomic E-state index is -0.730. The number of aromatic hydroxyl groups is 1. The maximum Gasteiger partial charge on any atom is 0.357 e. The molecule has 0 atom stereocenters. The van der Waals surface area contributed by atoms with Crippen molar-refractivity contribution in [2.45, 2.75) is 32.6 Å². The first-order valence-corrected chi connectivity index (χ1v) is 13.2. The van der Waals surface area contributed by atoms with E-state index in [1.165, 1.54) is 36.1 Å². The Labute approximate surface area is 232 Å². The molecule has 0 unspecified atom stereocenters. The number of methoxy groups -OCH3 is 1. The Morgan fingerprint density at radius 1 is 1.32 bits per heavy atom. The molecule has 4 heterocycles. The van der Waals surface area contributed by atoms with Gasteiger partial charge in [0, 0.05) is 24.4 Å². The molecule has 0 bridgehead atoms. The van der Waals surface area contributed by atoms with Crippen LogP contribution in [0.25, 0.3) is 11.6 Å². The average Bonchev–Trinajstić information content (AvgIpc) is 3.58. The molecule has 0 radical (unpaired) electrons. The first-order valence-electron chi connectivity index (χ1n) is 12.3. The minimum absolute atomic E-state index is 0.0241. The molecule has 0 spiro atoms. The number of anilines is 2. The standard InChI is InChI=1S/C27H25N5O7S/c1-3-21(33)31(27-29-18(15-40-27)25(35)37-2)19-10-7-11-28-23(19)32-24(34)22(30-26(32)36)20-14-38-13-17(39-20)12-16-8-5-4-6-9-16/h4-5,7-8,10-11,13-15,34H,3,6,9,12H2,1-2H3,(H,30,36). The van der Waals surface area contributed by atoms with Gasteiger partial charge >= 0.3 is 11.7 Å². The van der Waals surface area contributed by atoms with Gasteiger partial charge in [-0.05, 0) is 25.0 Å². The summed E-state index contributed by atoms with van der Waals surface area (Å²) >= 11 is 1.04. The van der Waals surface area contributed by atoms with E-state index < -0.39 is 17.5 Å². The molecule has 0 aromatic carbocycles. The van der Waals surface area contributed by atoms with Gasteiger partial charge in [0.1, 0.15) is 18.3 Å². The van der Waals surface area contributed by atoms with Crippen LogP contribution in [0.15, 0.2) is 70.6 Å². The predicted molar refractivity (Wildman–Crippen MR) is 146 cm³/mol. The molecule has 1 amide bonds. The summed E-state index contributed by atoms with van der Waals surface area (Å²) < 4.78 is 17.0. The number of rotatable bonds is 8. The molecular formula is C27H25N5O7S. The van der Waals surface area contributed by atoms with E-state index in [1.807, 2.05) is 12.2 Å². The van der Waals surface area contributed by atoms with Gasteiger partial charge in [-0.1, -0.05) is 30.7 Å². The van der Waals surface area contributed by atoms with Crippen molar-refractivity contribution in [2.24, 2.45) is 0 Å². The lowest BCUT2D eigenvalue weighted by Crippen LogP contribution is -2.28. The molecule has 3 aromatic rings. The van der Waals surface area contributed by atoms with E-state index in [2.05, 4.69) is 21.0 Å². The summed E-state index contributed by atoms with van der Waals surface area (Å²) in [6, 6.07) is 3.13. The monoisotopic (exact) mass is 563 g/mol. The number of ether oxygens (including phenoxy) is 3. The molecule has 206 valence electrons. The number of amides is 1. The van der Waals surface area contributed by atoms with Crippen molar-refractivity contribution >= 4 is 39.8 Å². The summed E-state index contributed by atoms with van der Waals surface area (Å²) in [5.41, 5.74) is 0.587. The van der Waals surface area contributed by atoms with Crippen LogP contribution >= 0.6 is 11.3 Å². The fourth-order valence-electron chi connectivity index (χ4n) is 4.17. The van der Waals surface area contributed by atoms with Crippen molar-refractivity contribution in [3.63, 3.8) is 0 Å². The lowest BCUT2D eigenvalue weighted by atomic mass is 10.0. The molecule has 3 aromatic heterocycles. The molecule has 0 fully saturated rings. The third-order valence-corrected chi connectivity index (χ3v) is 6.91. The van der Waals surface area contributed by atoms with Gasteiger partial charge in [0.2, 0.25) is 11.8 Å². The maximum absolute atomic E-state index is 13.2. The number of allylic oxidation sites excluding steroid dienone is 4. The van der Waals surface area contributed by atoms with E-state index in [0.717, 1.165) is 34.3 Å². The first-order chi connectivity index (χ1) is 19.4. The molecule has 1 aliphatic heterocycles. The van der Waals surface area contributed by atoms with Gasteiger partial charge < -0.3 is 19.3 Å². The zero-order valence-corrected chi connectivity index (χ0v) is 22.4. The highest BCUT2D eigenvalue weighted by molar-refractivity contribution is 7.14. The van der Waals surface area contributed by atoms with E-state index in [4.69, 9.17) is 14.2 Å². The number of carbonyl (C=O) groups excluding carboxylic acids is 2. The summed E-state index contributed by atoms with van der Waals surface area (Å²) in [7, 11) is 1.23. The van der Waals surface area contributed by atoms with Gasteiger partial charge in [-0.3, -0.25) is 14.7 Å². The third-order valence-electron chi connectivity index (χ3n) is 6.08. The third kappa shape index (κ3) is 5.18. The normalized spacial score (nSPS) is 14.4. The average molecular weight is 564 g/mol. The number of aromatic nitrogens is 4. The summed E-state index contributed by atoms with van der Waals surface area (Å²) in [5.74, 6) is -0.975. The molecule has 2 N–H and O–H groups in total. The second-order valence-corrected chi connectivity index (χ2v) is 9.51. The SMILES string of the molecule is CCC(=O)N(c1nc(C(=O)OC)cs1)c1cccnc1-n1c(O)c(C2=COC=C(CC3=CC=CCC3)O2)[nH]c1=O. The van der Waals surface area contributed by atoms with Crippen molar-refractivity contribution in [1.29, 1.82) is 0 Å². The Morgan fingerprint density at radius 3 is 2.92 bits per heavy atom. The van der Waals surface area contributed by atoms with E-state index in [0.29, 0.717) is 12.2 Å². The van der Waals surface area contributed by atoms with Gasteiger partial charge in [0.05, 0.1) is 12.8 Å². The quantitative estimate of drug-likeness (QED) is 0.379. The van der Waals surface area contributed by atoms with Crippen LogP contribution < -0.4 is 10.6 Å². The Kier molecular flexibility index (Phi) is 7.64. The van der Waals surface area contributed by atoms with Crippen LogP contribution in [0.3, 0.4) is 0 Å². The fraction of sp³-hybridized carbons (Fsp3) is 0.222. The van der Waals surface area contributed by atoms with Crippen LogP contribution in [-0.4, -0.2) is 43.6 Å². The van der Waals surface area contributed by atoms with Gasteiger partial charge in [0.25, 0.3) is 0 Å². The molecule has 2 aliphatic rings. The van der Waals surface area contributed by atoms with E-state index in [1.54, 1.807) is 19.1 Å². The number of nitrogens with one attached hydrogen (secondary N) is 1. The van der Waals surface area contributed by atoms with Gasteiger partial charge in [-0.15, -0.1) is 11.3 Å². The number of H-pyrrole nitrogens is 1. The van der Waals surface area contributed by atoms with Crippen LogP contribution in [0.2, 0.25) is 0 Å². The second kappa shape index (κ2) is 11.5. The van der Waals surface area contributed by atoms with Crippen LogP contribution in [-0.2, 0) is 19.0 Å². The lowest BCUT2D eigenvalue weighted by molar-refractivity contribution is -0.117. The minimum Gasteiger partial charge on any atom is -0.492 e. The fourth-order valence-corrected chi connectivity index (χ4v) is 4.99. The molecule has 5 rings (SSSR count). The van der Waals surface area contributed by atoms with Gasteiger partial charge in [-0.2, -0.15) is 0 Å². The van der Waals surface area contributed by atoms with Crippen molar-refractivity contribution in [2.75, 3.05) is 12.0 Å². The van der Waals surface area contributed by atoms with Gasteiger partial charge in [0.15, 0.2) is 28.1 Å². The lowest BCUT2D eigenvalue weighted by Gasteiger charge is -2.22. The highest BCUT2D eigenvalue weighted by Gasteiger charge is 2.29. The number of aromatic amines is 1. The number of thiazole rings is 1. The van der Waals surface area contributed by atoms with Crippen LogP contribution in [0.5, 0.6) is 5.88 Å². The highest BCUT2D eigenvalue weighted by Crippen LogP contribution is 2.36. The number of pyridine rings is 1. The number of imidazole rings is 1. The van der Waals surface area contributed by atoms with Crippen molar-refractivity contribution < 1.29 is 28.9 Å². The van der Waals surface area contributed by atoms with E-state index in [9.17, 15) is 19.5 Å². The Morgan fingerprint density at radius 2 is 2.17 bits per heavy atom. The Bertz CT molecular complexity index is 1640. The second-order valence-electron chi connectivity index (χ2n) is 8.67. The number of hydrogen-bond donors (Lipinski definition) is 2. The van der Waals surface area contributed by atoms with Crippen molar-refractivity contribution in [3.05, 3.63) is 87.7 Å². The maximum atomic E-state index is 13.2. The Hall–Kier alpha value is -4.91. The molecular weight excluding hydrogens is 538 g/mol. The molecule has 0 saturated heterocycles. The summed E-state index contributed by atoms with van der Waals surface area (Å²) in [6.45, 7) is 1.66. The summed E-state index contributed by atoms with van der Waals surface area (Å²) in [6.07, 6.45) is 12.7. The number of carbonyl (C=O) groups is 2. The largest absolute Gasteiger partial charge is 0.492 e.